The summed E-state index contributed by atoms with van der Waals surface area (Å²) in [5.74, 6) is 0. The highest BCUT2D eigenvalue weighted by atomic mass is 127. The number of hydrogen-bond donors (Lipinski definition) is 0. The molecule has 0 radical (unpaired) electrons. The zero-order valence-corrected chi connectivity index (χ0v) is 22.2. The van der Waals surface area contributed by atoms with Gasteiger partial charge in [-0.05, 0) is 25.7 Å². The standard InChI is InChI=1S/C20H34N2S2.2HI/c1-21-15-19(23-17-21)13-11-9-7-5-3-4-6-8-10-12-14-20-16-22(2)18-24-20;;/h15-18H,3-14H2,1-2H3;2*1H/q+2;;/p-2. The van der Waals surface area contributed by atoms with Crippen LogP contribution in [0.4, 0.5) is 0 Å². The largest absolute Gasteiger partial charge is 1.00 e. The third-order valence-corrected chi connectivity index (χ3v) is 6.63. The molecule has 2 nitrogen and oxygen atoms in total. The Labute approximate surface area is 202 Å². The Morgan fingerprint density at radius 3 is 1.15 bits per heavy atom. The fourth-order valence-corrected chi connectivity index (χ4v) is 4.84. The van der Waals surface area contributed by atoms with Gasteiger partial charge in [-0.15, -0.1) is 0 Å². The molecule has 0 bridgehead atoms. The quantitative estimate of drug-likeness (QED) is 0.157. The molecular formula is C20H34I2N2S2. The highest BCUT2D eigenvalue weighted by Crippen LogP contribution is 2.15. The van der Waals surface area contributed by atoms with Crippen LogP contribution in [-0.4, -0.2) is 0 Å². The number of hydrogen-bond acceptors (Lipinski definition) is 2. The average molecular weight is 620 g/mol. The fraction of sp³-hybridized carbons (Fsp3) is 0.700. The van der Waals surface area contributed by atoms with Gasteiger partial charge in [-0.3, -0.25) is 0 Å². The van der Waals surface area contributed by atoms with E-state index in [1.165, 1.54) is 86.8 Å². The summed E-state index contributed by atoms with van der Waals surface area (Å²) in [6.07, 6.45) is 21.2. The lowest BCUT2D eigenvalue weighted by atomic mass is 10.0. The van der Waals surface area contributed by atoms with Crippen LogP contribution in [0.15, 0.2) is 23.4 Å². The van der Waals surface area contributed by atoms with Crippen LogP contribution in [0.5, 0.6) is 0 Å². The Kier molecular flexibility index (Phi) is 17.1. The molecule has 0 saturated heterocycles. The number of halogens is 2. The Bertz CT molecular complexity index is 519. The minimum Gasteiger partial charge on any atom is -1.00 e. The Balaban J connectivity index is 0.00000312. The molecular weight excluding hydrogens is 586 g/mol. The van der Waals surface area contributed by atoms with Crippen LogP contribution in [0, 0.1) is 0 Å². The predicted octanol–water partition coefficient (Wildman–Crippen LogP) is -0.847. The van der Waals surface area contributed by atoms with Crippen molar-refractivity contribution in [1.29, 1.82) is 0 Å². The third kappa shape index (κ3) is 12.2. The highest BCUT2D eigenvalue weighted by molar-refractivity contribution is 7.09. The third-order valence-electron chi connectivity index (χ3n) is 4.53. The molecule has 0 atom stereocenters. The van der Waals surface area contributed by atoms with Crippen LogP contribution in [-0.2, 0) is 26.9 Å². The summed E-state index contributed by atoms with van der Waals surface area (Å²) in [4.78, 5) is 3.07. The molecule has 0 saturated carbocycles. The molecule has 0 aliphatic rings. The van der Waals surface area contributed by atoms with E-state index in [1.54, 1.807) is 0 Å². The molecule has 6 heteroatoms. The molecule has 0 aliphatic carbocycles. The second-order valence-electron chi connectivity index (χ2n) is 7.00. The van der Waals surface area contributed by atoms with E-state index in [1.807, 2.05) is 22.7 Å². The summed E-state index contributed by atoms with van der Waals surface area (Å²) in [5, 5.41) is 0. The minimum absolute atomic E-state index is 0. The van der Waals surface area contributed by atoms with Crippen molar-refractivity contribution >= 4 is 22.7 Å². The second kappa shape index (κ2) is 16.7. The summed E-state index contributed by atoms with van der Waals surface area (Å²) in [6.45, 7) is 0. The van der Waals surface area contributed by atoms with E-state index in [-0.39, 0.29) is 48.0 Å². The zero-order chi connectivity index (χ0) is 17.0. The molecule has 26 heavy (non-hydrogen) atoms. The molecule has 0 N–H and O–H groups in total. The van der Waals surface area contributed by atoms with Crippen LogP contribution in [0.3, 0.4) is 0 Å². The van der Waals surface area contributed by atoms with E-state index in [2.05, 4.69) is 46.6 Å². The van der Waals surface area contributed by atoms with Gasteiger partial charge >= 0.3 is 0 Å². The maximum Gasteiger partial charge on any atom is 0.224 e. The topological polar surface area (TPSA) is 7.76 Å². The van der Waals surface area contributed by atoms with Crippen LogP contribution in [0.2, 0.25) is 0 Å². The highest BCUT2D eigenvalue weighted by Gasteiger charge is 2.03. The number of aromatic nitrogens is 2. The Morgan fingerprint density at radius 2 is 0.885 bits per heavy atom. The summed E-state index contributed by atoms with van der Waals surface area (Å²) < 4.78 is 4.33. The van der Waals surface area contributed by atoms with Crippen molar-refractivity contribution in [3.63, 3.8) is 0 Å². The molecule has 2 heterocycles. The lowest BCUT2D eigenvalue weighted by molar-refractivity contribution is -0.666. The van der Waals surface area contributed by atoms with Crippen molar-refractivity contribution < 1.29 is 57.1 Å². The van der Waals surface area contributed by atoms with E-state index < -0.39 is 0 Å². The molecule has 2 aromatic rings. The first-order chi connectivity index (χ1) is 11.7. The van der Waals surface area contributed by atoms with Crippen LogP contribution in [0.1, 0.15) is 74.0 Å². The van der Waals surface area contributed by atoms with E-state index in [9.17, 15) is 0 Å². The fourth-order valence-electron chi connectivity index (χ4n) is 3.14. The molecule has 0 aromatic carbocycles. The zero-order valence-electron chi connectivity index (χ0n) is 16.3. The molecule has 0 fully saturated rings. The van der Waals surface area contributed by atoms with Gasteiger partial charge in [0, 0.05) is 0 Å². The van der Waals surface area contributed by atoms with Crippen LogP contribution >= 0.6 is 22.7 Å². The monoisotopic (exact) mass is 620 g/mol. The smallest absolute Gasteiger partial charge is 0.224 e. The van der Waals surface area contributed by atoms with Crippen molar-refractivity contribution in [1.82, 2.24) is 0 Å². The predicted molar refractivity (Wildman–Crippen MR) is 105 cm³/mol. The van der Waals surface area contributed by atoms with Crippen molar-refractivity contribution in [2.45, 2.75) is 77.0 Å². The molecule has 0 amide bonds. The second-order valence-corrected chi connectivity index (χ2v) is 8.95. The molecule has 0 aliphatic heterocycles. The van der Waals surface area contributed by atoms with Gasteiger partial charge in [-0.2, -0.15) is 9.13 Å². The van der Waals surface area contributed by atoms with Crippen molar-refractivity contribution in [3.05, 3.63) is 33.2 Å². The molecule has 2 rings (SSSR count). The van der Waals surface area contributed by atoms with Gasteiger partial charge in [0.25, 0.3) is 0 Å². The number of thiazole rings is 2. The summed E-state index contributed by atoms with van der Waals surface area (Å²) >= 11 is 3.79. The van der Waals surface area contributed by atoms with E-state index in [0.717, 1.165) is 0 Å². The van der Waals surface area contributed by atoms with Gasteiger partial charge in [0.15, 0.2) is 12.4 Å². The van der Waals surface area contributed by atoms with Gasteiger partial charge in [-0.25, -0.2) is 0 Å². The SMILES string of the molecule is C[n+]1csc(CCCCCCCCCCCCc2c[n+](C)cs2)c1.[I-].[I-]. The number of nitrogens with zero attached hydrogens (tertiary/aromatic N) is 2. The molecule has 2 aromatic heterocycles. The van der Waals surface area contributed by atoms with E-state index in [4.69, 9.17) is 0 Å². The van der Waals surface area contributed by atoms with Crippen molar-refractivity contribution in [2.24, 2.45) is 14.1 Å². The maximum absolute atomic E-state index is 2.27. The van der Waals surface area contributed by atoms with E-state index >= 15 is 0 Å². The first kappa shape index (κ1) is 26.7. The number of rotatable bonds is 13. The first-order valence-corrected chi connectivity index (χ1v) is 11.4. The summed E-state index contributed by atoms with van der Waals surface area (Å²) in [7, 11) is 4.23. The summed E-state index contributed by atoms with van der Waals surface area (Å²) in [6, 6.07) is 0. The average Bonchev–Trinajstić information content (AvgIpc) is 3.17. The van der Waals surface area contributed by atoms with Gasteiger partial charge < -0.3 is 48.0 Å². The van der Waals surface area contributed by atoms with Gasteiger partial charge in [0.05, 0.1) is 9.75 Å². The lowest BCUT2D eigenvalue weighted by Gasteiger charge is -2.02. The van der Waals surface area contributed by atoms with Gasteiger partial charge in [0.2, 0.25) is 11.0 Å². The molecule has 150 valence electrons. The van der Waals surface area contributed by atoms with Crippen molar-refractivity contribution in [3.8, 4) is 0 Å². The first-order valence-electron chi connectivity index (χ1n) is 9.59. The number of unbranched alkanes of at least 4 members (excludes halogenated alkanes) is 9. The maximum atomic E-state index is 2.27. The van der Waals surface area contributed by atoms with Crippen LogP contribution in [0.25, 0.3) is 0 Å². The van der Waals surface area contributed by atoms with Crippen LogP contribution < -0.4 is 57.1 Å². The lowest BCUT2D eigenvalue weighted by Crippen LogP contribution is -3.00. The minimum atomic E-state index is 0. The normalized spacial score (nSPS) is 10.4. The van der Waals surface area contributed by atoms with Gasteiger partial charge in [0.1, 0.15) is 14.1 Å². The molecule has 0 unspecified atom stereocenters. The van der Waals surface area contributed by atoms with E-state index in [0.29, 0.717) is 0 Å². The molecule has 0 spiro atoms. The van der Waals surface area contributed by atoms with Crippen molar-refractivity contribution in [2.75, 3.05) is 0 Å². The Hall–Kier alpha value is 0.720. The summed E-state index contributed by atoms with van der Waals surface area (Å²) in [5.41, 5.74) is 4.38. The number of aryl methyl sites for hydroxylation is 4. The Morgan fingerprint density at radius 1 is 0.577 bits per heavy atom. The van der Waals surface area contributed by atoms with Gasteiger partial charge in [-0.1, -0.05) is 74.0 Å².